The van der Waals surface area contributed by atoms with Crippen molar-refractivity contribution in [2.75, 3.05) is 19.6 Å². The summed E-state index contributed by atoms with van der Waals surface area (Å²) in [4.78, 5) is 15.6. The average molecular weight is 312 g/mol. The van der Waals surface area contributed by atoms with Crippen molar-refractivity contribution in [3.63, 3.8) is 0 Å². The van der Waals surface area contributed by atoms with Gasteiger partial charge in [0.15, 0.2) is 0 Å². The minimum Gasteiger partial charge on any atom is -0.353 e. The Morgan fingerprint density at radius 3 is 2.81 bits per heavy atom. The Kier molecular flexibility index (Phi) is 5.66. The summed E-state index contributed by atoms with van der Waals surface area (Å²) in [5.41, 5.74) is 0. The van der Waals surface area contributed by atoms with E-state index in [2.05, 4.69) is 20.3 Å². The zero-order valence-corrected chi connectivity index (χ0v) is 12.5. The molecule has 0 saturated carbocycles. The Bertz CT molecular complexity index is 556. The Morgan fingerprint density at radius 1 is 1.38 bits per heavy atom. The van der Waals surface area contributed by atoms with E-state index in [0.29, 0.717) is 0 Å². The molecule has 1 aromatic rings. The quantitative estimate of drug-likeness (QED) is 0.665. The smallest absolute Gasteiger partial charge is 0.242 e. The van der Waals surface area contributed by atoms with Crippen LogP contribution in [-0.2, 0) is 14.8 Å². The van der Waals surface area contributed by atoms with Crippen LogP contribution < -0.4 is 15.4 Å². The Labute approximate surface area is 124 Å². The maximum absolute atomic E-state index is 11.9. The third kappa shape index (κ3) is 5.07. The number of rotatable bonds is 6. The summed E-state index contributed by atoms with van der Waals surface area (Å²) < 4.78 is 26.2. The molecular weight excluding hydrogens is 292 g/mol. The van der Waals surface area contributed by atoms with Crippen LogP contribution >= 0.6 is 0 Å². The molecule has 1 saturated heterocycles. The number of carbonyl (C=O) groups is 1. The van der Waals surface area contributed by atoms with Crippen molar-refractivity contribution in [2.45, 2.75) is 30.2 Å². The molecule has 0 bridgehead atoms. The van der Waals surface area contributed by atoms with Gasteiger partial charge in [0.05, 0.1) is 0 Å². The number of carbonyl (C=O) groups excluding carboxylic acids is 1. The fourth-order valence-electron chi connectivity index (χ4n) is 2.15. The highest BCUT2D eigenvalue weighted by molar-refractivity contribution is 7.89. The summed E-state index contributed by atoms with van der Waals surface area (Å²) in [6, 6.07) is 3.21. The molecule has 0 radical (unpaired) electrons. The van der Waals surface area contributed by atoms with Crippen LogP contribution in [0.2, 0.25) is 0 Å². The molecule has 1 amide bonds. The molecule has 8 heteroatoms. The van der Waals surface area contributed by atoms with Crippen LogP contribution in [0, 0.1) is 0 Å². The fourth-order valence-corrected chi connectivity index (χ4v) is 3.15. The van der Waals surface area contributed by atoms with Crippen molar-refractivity contribution < 1.29 is 13.2 Å². The van der Waals surface area contributed by atoms with Crippen molar-refractivity contribution in [3.8, 4) is 0 Å². The molecule has 7 nitrogen and oxygen atoms in total. The van der Waals surface area contributed by atoms with Crippen LogP contribution in [0.25, 0.3) is 0 Å². The molecule has 0 spiro atoms. The molecule has 1 fully saturated rings. The van der Waals surface area contributed by atoms with Gasteiger partial charge in [-0.1, -0.05) is 0 Å². The summed E-state index contributed by atoms with van der Waals surface area (Å²) in [7, 11) is -3.59. The van der Waals surface area contributed by atoms with E-state index in [-0.39, 0.29) is 29.8 Å². The minimum atomic E-state index is -3.59. The van der Waals surface area contributed by atoms with E-state index in [1.165, 1.54) is 18.5 Å². The van der Waals surface area contributed by atoms with Crippen molar-refractivity contribution in [2.24, 2.45) is 0 Å². The number of hydrogen-bond acceptors (Lipinski definition) is 5. The lowest BCUT2D eigenvalue weighted by Crippen LogP contribution is -2.43. The largest absolute Gasteiger partial charge is 0.353 e. The van der Waals surface area contributed by atoms with E-state index in [4.69, 9.17) is 0 Å². The van der Waals surface area contributed by atoms with Crippen LogP contribution in [-0.4, -0.2) is 45.0 Å². The molecule has 116 valence electrons. The molecular formula is C13H20N4O3S. The highest BCUT2D eigenvalue weighted by atomic mass is 32.2. The number of nitrogens with one attached hydrogen (secondary N) is 3. The average Bonchev–Trinajstić information content (AvgIpc) is 2.49. The van der Waals surface area contributed by atoms with E-state index in [1.54, 1.807) is 6.07 Å². The maximum Gasteiger partial charge on any atom is 0.242 e. The lowest BCUT2D eigenvalue weighted by Gasteiger charge is -2.23. The zero-order chi connectivity index (χ0) is 15.1. The van der Waals surface area contributed by atoms with Gasteiger partial charge >= 0.3 is 0 Å². The SMILES string of the molecule is O=C(CCNS(=O)(=O)c1cccnc1)NC1CCNCC1. The summed E-state index contributed by atoms with van der Waals surface area (Å²) in [5.74, 6) is -0.129. The van der Waals surface area contributed by atoms with Crippen molar-refractivity contribution >= 4 is 15.9 Å². The van der Waals surface area contributed by atoms with Crippen molar-refractivity contribution in [3.05, 3.63) is 24.5 Å². The third-order valence-electron chi connectivity index (χ3n) is 3.29. The third-order valence-corrected chi connectivity index (χ3v) is 4.74. The first-order chi connectivity index (χ1) is 10.1. The molecule has 0 aliphatic carbocycles. The van der Waals surface area contributed by atoms with Crippen LogP contribution in [0.4, 0.5) is 0 Å². The topological polar surface area (TPSA) is 100 Å². The molecule has 1 aromatic heterocycles. The van der Waals surface area contributed by atoms with Gasteiger partial charge in [-0.25, -0.2) is 13.1 Å². The van der Waals surface area contributed by atoms with E-state index >= 15 is 0 Å². The number of sulfonamides is 1. The van der Waals surface area contributed by atoms with Gasteiger partial charge in [0.2, 0.25) is 15.9 Å². The second kappa shape index (κ2) is 7.48. The predicted octanol–water partition coefficient (Wildman–Crippen LogP) is -0.382. The molecule has 1 aliphatic heterocycles. The van der Waals surface area contributed by atoms with Crippen LogP contribution in [0.5, 0.6) is 0 Å². The fraction of sp³-hybridized carbons (Fsp3) is 0.538. The van der Waals surface area contributed by atoms with Gasteiger partial charge in [0.1, 0.15) is 4.90 Å². The lowest BCUT2D eigenvalue weighted by molar-refractivity contribution is -0.121. The number of pyridine rings is 1. The van der Waals surface area contributed by atoms with Gasteiger partial charge in [0.25, 0.3) is 0 Å². The van der Waals surface area contributed by atoms with Gasteiger partial charge < -0.3 is 10.6 Å². The zero-order valence-electron chi connectivity index (χ0n) is 11.7. The van der Waals surface area contributed by atoms with Gasteiger partial charge in [-0.2, -0.15) is 0 Å². The highest BCUT2D eigenvalue weighted by Gasteiger charge is 2.17. The first-order valence-electron chi connectivity index (χ1n) is 6.98. The van der Waals surface area contributed by atoms with Gasteiger partial charge in [-0.05, 0) is 38.1 Å². The minimum absolute atomic E-state index is 0.0774. The first-order valence-corrected chi connectivity index (χ1v) is 8.46. The second-order valence-electron chi connectivity index (χ2n) is 4.93. The molecule has 2 heterocycles. The Morgan fingerprint density at radius 2 is 2.14 bits per heavy atom. The van der Waals surface area contributed by atoms with E-state index in [1.807, 2.05) is 0 Å². The first kappa shape index (κ1) is 15.9. The van der Waals surface area contributed by atoms with Crippen molar-refractivity contribution in [1.82, 2.24) is 20.3 Å². The molecule has 0 unspecified atom stereocenters. The Balaban J connectivity index is 1.74. The molecule has 2 rings (SSSR count). The van der Waals surface area contributed by atoms with E-state index in [0.717, 1.165) is 25.9 Å². The Hall–Kier alpha value is -1.51. The maximum atomic E-state index is 11.9. The van der Waals surface area contributed by atoms with E-state index in [9.17, 15) is 13.2 Å². The van der Waals surface area contributed by atoms with Crippen LogP contribution in [0.1, 0.15) is 19.3 Å². The molecule has 1 aliphatic rings. The molecule has 0 aromatic carbocycles. The van der Waals surface area contributed by atoms with Crippen molar-refractivity contribution in [1.29, 1.82) is 0 Å². The second-order valence-corrected chi connectivity index (χ2v) is 6.70. The summed E-state index contributed by atoms with van der Waals surface area (Å²) in [6.45, 7) is 1.88. The van der Waals surface area contributed by atoms with Crippen LogP contribution in [0.15, 0.2) is 29.4 Å². The van der Waals surface area contributed by atoms with Gasteiger partial charge in [-0.15, -0.1) is 0 Å². The standard InChI is InChI=1S/C13H20N4O3S/c18-13(17-11-3-7-14-8-4-11)5-9-16-21(19,20)12-2-1-6-15-10-12/h1-2,6,10-11,14,16H,3-5,7-9H2,(H,17,18). The summed E-state index contributed by atoms with van der Waals surface area (Å²) >= 11 is 0. The molecule has 3 N–H and O–H groups in total. The lowest BCUT2D eigenvalue weighted by atomic mass is 10.1. The predicted molar refractivity (Wildman–Crippen MR) is 78.1 cm³/mol. The summed E-state index contributed by atoms with van der Waals surface area (Å²) in [5, 5.41) is 6.14. The monoisotopic (exact) mass is 312 g/mol. The number of hydrogen-bond donors (Lipinski definition) is 3. The van der Waals surface area contributed by atoms with Crippen LogP contribution in [0.3, 0.4) is 0 Å². The van der Waals surface area contributed by atoms with E-state index < -0.39 is 10.0 Å². The normalized spacial score (nSPS) is 16.6. The number of nitrogens with zero attached hydrogens (tertiary/aromatic N) is 1. The molecule has 21 heavy (non-hydrogen) atoms. The van der Waals surface area contributed by atoms with Gasteiger partial charge in [-0.3, -0.25) is 9.78 Å². The van der Waals surface area contributed by atoms with Gasteiger partial charge in [0, 0.05) is 31.4 Å². The number of amides is 1. The summed E-state index contributed by atoms with van der Waals surface area (Å²) in [6.07, 6.45) is 4.73. The number of piperidine rings is 1. The highest BCUT2D eigenvalue weighted by Crippen LogP contribution is 2.05. The number of aromatic nitrogens is 1. The molecule has 0 atom stereocenters.